The number of imidazole rings is 1. The Morgan fingerprint density at radius 3 is 2.36 bits per heavy atom. The Bertz CT molecular complexity index is 2670. The molecule has 69 heavy (non-hydrogen) atoms. The molecule has 3 aliphatic heterocycles. The van der Waals surface area contributed by atoms with Crippen LogP contribution in [0.2, 0.25) is 10.0 Å². The lowest BCUT2D eigenvalue weighted by Crippen LogP contribution is -2.65. The highest BCUT2D eigenvalue weighted by atomic mass is 35.5. The number of carbonyl (C=O) groups is 4. The number of hydrogen-bond acceptors (Lipinski definition) is 8. The number of piperidine rings is 1. The number of aromatic nitrogens is 2. The van der Waals surface area contributed by atoms with E-state index in [0.717, 1.165) is 59.8 Å². The molecule has 4 aromatic carbocycles. The second-order valence-electron chi connectivity index (χ2n) is 19.3. The number of ether oxygens (including phenoxy) is 2. The zero-order valence-corrected chi connectivity index (χ0v) is 41.1. The number of methoxy groups -OCH3 is 1. The summed E-state index contributed by atoms with van der Waals surface area (Å²) in [6, 6.07) is 26.4. The Morgan fingerprint density at radius 1 is 0.841 bits per heavy atom. The predicted octanol–water partition coefficient (Wildman–Crippen LogP) is 8.10. The minimum absolute atomic E-state index is 0.0515. The molecule has 3 saturated heterocycles. The number of likely N-dealkylation sites (tertiary alicyclic amines) is 1. The molecule has 0 spiro atoms. The van der Waals surface area contributed by atoms with E-state index in [2.05, 4.69) is 32.2 Å². The number of fused-ring (bicyclic) bond motifs is 3. The number of nitrogens with one attached hydrogen (secondary N) is 2. The van der Waals surface area contributed by atoms with Crippen LogP contribution in [0.1, 0.15) is 79.4 Å². The molecule has 2 N–H and O–H groups in total. The molecule has 13 nitrogen and oxygen atoms in total. The van der Waals surface area contributed by atoms with Gasteiger partial charge in [-0.1, -0.05) is 65.7 Å². The van der Waals surface area contributed by atoms with E-state index in [0.29, 0.717) is 59.3 Å². The number of amides is 4. The molecule has 0 radical (unpaired) electrons. The fraction of sp³-hybridized carbons (Fsp3) is 0.426. The van der Waals surface area contributed by atoms with Gasteiger partial charge in [0.05, 0.1) is 43.0 Å². The maximum Gasteiger partial charge on any atom is 0.245 e. The van der Waals surface area contributed by atoms with Crippen molar-refractivity contribution in [2.75, 3.05) is 39.9 Å². The average Bonchev–Trinajstić information content (AvgIpc) is 4.12. The lowest BCUT2D eigenvalue weighted by molar-refractivity contribution is -0.148. The van der Waals surface area contributed by atoms with Crippen LogP contribution >= 0.6 is 23.2 Å². The minimum Gasteiger partial charge on any atom is -0.457 e. The summed E-state index contributed by atoms with van der Waals surface area (Å²) in [5.41, 5.74) is 4.87. The van der Waals surface area contributed by atoms with E-state index in [-0.39, 0.29) is 43.8 Å². The van der Waals surface area contributed by atoms with E-state index in [4.69, 9.17) is 37.7 Å². The van der Waals surface area contributed by atoms with Gasteiger partial charge in [0.15, 0.2) is 0 Å². The quantitative estimate of drug-likeness (QED) is 0.128. The summed E-state index contributed by atoms with van der Waals surface area (Å²) in [6.07, 6.45) is 7.33. The lowest BCUT2D eigenvalue weighted by atomic mass is 9.80. The van der Waals surface area contributed by atoms with E-state index < -0.39 is 35.4 Å². The highest BCUT2D eigenvalue weighted by Crippen LogP contribution is 2.42. The maximum atomic E-state index is 15.3. The Balaban J connectivity index is 1.03. The Labute approximate surface area is 414 Å². The normalized spacial score (nSPS) is 23.7. The number of hydrogen-bond donors (Lipinski definition) is 2. The fourth-order valence-corrected chi connectivity index (χ4v) is 11.2. The number of carbonyl (C=O) groups excluding carboxylic acids is 4. The molecule has 15 heteroatoms. The van der Waals surface area contributed by atoms with E-state index in [1.165, 1.54) is 24.9 Å². The average molecular weight is 975 g/mol. The molecule has 4 heterocycles. The summed E-state index contributed by atoms with van der Waals surface area (Å²) in [5, 5.41) is 7.27. The van der Waals surface area contributed by atoms with Crippen LogP contribution in [-0.2, 0) is 56.9 Å². The summed E-state index contributed by atoms with van der Waals surface area (Å²) in [6.45, 7) is 5.17. The first-order valence-corrected chi connectivity index (χ1v) is 24.9. The van der Waals surface area contributed by atoms with E-state index >= 15 is 9.59 Å². The molecule has 2 bridgehead atoms. The van der Waals surface area contributed by atoms with Gasteiger partial charge in [0.2, 0.25) is 23.6 Å². The van der Waals surface area contributed by atoms with Crippen molar-refractivity contribution < 1.29 is 28.7 Å². The topological polar surface area (TPSA) is 138 Å². The Kier molecular flexibility index (Phi) is 14.8. The van der Waals surface area contributed by atoms with E-state index in [1.807, 2.05) is 78.8 Å². The van der Waals surface area contributed by atoms with Crippen molar-refractivity contribution in [3.8, 4) is 22.8 Å². The standard InChI is InChI=1S/C54H61Cl2N7O6/c1-35-51(65)58-46(33-68-3)52(66)59-54(29-36-11-17-40(55)18-12-36)23-8-26-62(34-54)53(67)45(44-22-16-37-9-4-5-10-43(37)44)28-50(64)63(35)31-39-13-19-41(56)27-48(39)69-42-20-14-38(15-21-42)47-30-57-49(60(47)2)32-61-24-6-7-25-61/h4-5,9-15,17-21,27,30,35,44-46H,6-8,16,22-26,28-29,31-34H2,1-3H3,(H,58,65)(H,59,66)/t35?,44-,45?,46?,54?/m0/s1. The van der Waals surface area contributed by atoms with Gasteiger partial charge in [-0.3, -0.25) is 24.1 Å². The smallest absolute Gasteiger partial charge is 0.245 e. The molecular weight excluding hydrogens is 914 g/mol. The molecule has 5 atom stereocenters. The highest BCUT2D eigenvalue weighted by Gasteiger charge is 2.45. The predicted molar refractivity (Wildman–Crippen MR) is 266 cm³/mol. The van der Waals surface area contributed by atoms with Crippen molar-refractivity contribution in [2.45, 2.75) is 94.9 Å². The number of rotatable bonds is 12. The lowest BCUT2D eigenvalue weighted by Gasteiger charge is -2.46. The molecule has 4 aliphatic rings. The van der Waals surface area contributed by atoms with Crippen LogP contribution in [0.3, 0.4) is 0 Å². The molecule has 362 valence electrons. The molecular formula is C54H61Cl2N7O6. The maximum absolute atomic E-state index is 15.3. The first-order chi connectivity index (χ1) is 33.4. The van der Waals surface area contributed by atoms with Crippen molar-refractivity contribution in [3.05, 3.63) is 135 Å². The molecule has 9 rings (SSSR count). The van der Waals surface area contributed by atoms with Crippen molar-refractivity contribution in [1.82, 2.24) is 34.9 Å². The zero-order valence-electron chi connectivity index (χ0n) is 39.6. The number of benzene rings is 4. The largest absolute Gasteiger partial charge is 0.457 e. The molecule has 5 aromatic rings. The van der Waals surface area contributed by atoms with Crippen LogP contribution in [0.4, 0.5) is 0 Å². The summed E-state index contributed by atoms with van der Waals surface area (Å²) >= 11 is 12.9. The van der Waals surface area contributed by atoms with Crippen LogP contribution in [0.5, 0.6) is 11.5 Å². The molecule has 1 aromatic heterocycles. The monoisotopic (exact) mass is 973 g/mol. The third kappa shape index (κ3) is 10.9. The molecule has 4 unspecified atom stereocenters. The Morgan fingerprint density at radius 2 is 1.59 bits per heavy atom. The third-order valence-electron chi connectivity index (χ3n) is 14.6. The summed E-state index contributed by atoms with van der Waals surface area (Å²) in [4.78, 5) is 70.2. The van der Waals surface area contributed by atoms with Gasteiger partial charge >= 0.3 is 0 Å². The van der Waals surface area contributed by atoms with Crippen LogP contribution in [-0.4, -0.2) is 105 Å². The summed E-state index contributed by atoms with van der Waals surface area (Å²) < 4.78 is 14.2. The van der Waals surface area contributed by atoms with Gasteiger partial charge in [0.25, 0.3) is 0 Å². The van der Waals surface area contributed by atoms with Gasteiger partial charge < -0.3 is 34.5 Å². The van der Waals surface area contributed by atoms with E-state index in [1.54, 1.807) is 25.1 Å². The van der Waals surface area contributed by atoms with Gasteiger partial charge in [0.1, 0.15) is 29.4 Å². The SMILES string of the molecule is COCC1NC(=O)C(C)N(Cc2ccc(Cl)cc2Oc2ccc(-c3cnc(CN4CCCC4)n3C)cc2)C(=O)CC([C@H]2CCc3ccccc32)C(=O)N2CCCC(Cc3ccc(Cl)cc3)(C2)NC1=O. The van der Waals surface area contributed by atoms with Crippen LogP contribution in [0.25, 0.3) is 11.3 Å². The van der Waals surface area contributed by atoms with Crippen molar-refractivity contribution in [3.63, 3.8) is 0 Å². The first-order valence-electron chi connectivity index (χ1n) is 24.2. The van der Waals surface area contributed by atoms with Gasteiger partial charge in [-0.25, -0.2) is 4.98 Å². The molecule has 3 fully saturated rings. The van der Waals surface area contributed by atoms with Gasteiger partial charge in [-0.15, -0.1) is 0 Å². The highest BCUT2D eigenvalue weighted by molar-refractivity contribution is 6.31. The van der Waals surface area contributed by atoms with Crippen LogP contribution in [0.15, 0.2) is 97.2 Å². The van der Waals surface area contributed by atoms with Crippen molar-refractivity contribution in [1.29, 1.82) is 0 Å². The second-order valence-corrected chi connectivity index (χ2v) is 20.2. The van der Waals surface area contributed by atoms with Gasteiger partial charge in [-0.05, 0) is 136 Å². The van der Waals surface area contributed by atoms with Crippen molar-refractivity contribution in [2.24, 2.45) is 13.0 Å². The third-order valence-corrected chi connectivity index (χ3v) is 15.1. The van der Waals surface area contributed by atoms with Crippen molar-refractivity contribution >= 4 is 46.8 Å². The number of halogens is 2. The number of aryl methyl sites for hydroxylation is 1. The summed E-state index contributed by atoms with van der Waals surface area (Å²) in [5.74, 6) is -0.506. The van der Waals surface area contributed by atoms with Gasteiger partial charge in [0, 0.05) is 54.8 Å². The minimum atomic E-state index is -1.10. The first kappa shape index (κ1) is 48.3. The summed E-state index contributed by atoms with van der Waals surface area (Å²) in [7, 11) is 3.51. The second kappa shape index (κ2) is 21.1. The van der Waals surface area contributed by atoms with Gasteiger partial charge in [-0.2, -0.15) is 0 Å². The van der Waals surface area contributed by atoms with Crippen LogP contribution in [0, 0.1) is 5.92 Å². The van der Waals surface area contributed by atoms with Crippen LogP contribution < -0.4 is 15.4 Å². The molecule has 1 aliphatic carbocycles. The zero-order chi connectivity index (χ0) is 48.2. The molecule has 0 saturated carbocycles. The fourth-order valence-electron chi connectivity index (χ4n) is 10.9. The number of nitrogens with zero attached hydrogens (tertiary/aromatic N) is 5. The Hall–Kier alpha value is -5.73. The van der Waals surface area contributed by atoms with E-state index in [9.17, 15) is 9.59 Å². The molecule has 4 amide bonds.